The molecule has 64 valence electrons. The first-order valence-electron chi connectivity index (χ1n) is 4.02. The van der Waals surface area contributed by atoms with Crippen LogP contribution in [0.3, 0.4) is 0 Å². The van der Waals surface area contributed by atoms with Crippen molar-refractivity contribution >= 4 is 5.57 Å². The molecule has 0 amide bonds. The summed E-state index contributed by atoms with van der Waals surface area (Å²) in [6.45, 7) is 7.93. The third-order valence-corrected chi connectivity index (χ3v) is 2.18. The van der Waals surface area contributed by atoms with Crippen molar-refractivity contribution in [1.82, 2.24) is 0 Å². The molecule has 0 atom stereocenters. The monoisotopic (exact) mass is 162 g/mol. The van der Waals surface area contributed by atoms with Crippen molar-refractivity contribution in [3.8, 4) is 0 Å². The summed E-state index contributed by atoms with van der Waals surface area (Å²) in [4.78, 5) is 0. The van der Waals surface area contributed by atoms with Gasteiger partial charge in [-0.2, -0.15) is 0 Å². The van der Waals surface area contributed by atoms with Gasteiger partial charge in [0.05, 0.1) is 6.61 Å². The molecule has 1 N–H and O–H groups in total. The third kappa shape index (κ3) is 1.56. The second-order valence-corrected chi connectivity index (χ2v) is 3.01. The van der Waals surface area contributed by atoms with Crippen molar-refractivity contribution in [3.05, 3.63) is 41.5 Å². The Morgan fingerprint density at radius 1 is 1.42 bits per heavy atom. The Morgan fingerprint density at radius 2 is 2.08 bits per heavy atom. The van der Waals surface area contributed by atoms with E-state index in [4.69, 9.17) is 5.11 Å². The van der Waals surface area contributed by atoms with Gasteiger partial charge in [-0.25, -0.2) is 0 Å². The Labute approximate surface area is 73.4 Å². The highest BCUT2D eigenvalue weighted by Gasteiger charge is 2.02. The predicted octanol–water partition coefficient (Wildman–Crippen LogP) is 2.31. The summed E-state index contributed by atoms with van der Waals surface area (Å²) in [6.07, 6.45) is 0. The van der Waals surface area contributed by atoms with Crippen LogP contribution >= 0.6 is 0 Å². The zero-order valence-corrected chi connectivity index (χ0v) is 7.59. The predicted molar refractivity (Wildman–Crippen MR) is 52.0 cm³/mol. The fraction of sp³-hybridized carbons (Fsp3) is 0.273. The summed E-state index contributed by atoms with van der Waals surface area (Å²) >= 11 is 0. The molecule has 0 saturated heterocycles. The first kappa shape index (κ1) is 9.01. The number of rotatable bonds is 2. The quantitative estimate of drug-likeness (QED) is 0.707. The molecule has 1 aromatic carbocycles. The van der Waals surface area contributed by atoms with Gasteiger partial charge in [0.15, 0.2) is 0 Å². The zero-order valence-electron chi connectivity index (χ0n) is 7.59. The molecule has 0 spiro atoms. The Kier molecular flexibility index (Phi) is 2.66. The minimum absolute atomic E-state index is 0.0320. The van der Waals surface area contributed by atoms with Crippen LogP contribution in [0.1, 0.15) is 16.7 Å². The summed E-state index contributed by atoms with van der Waals surface area (Å²) in [7, 11) is 0. The van der Waals surface area contributed by atoms with Crippen LogP contribution in [0.2, 0.25) is 0 Å². The third-order valence-electron chi connectivity index (χ3n) is 2.18. The Hall–Kier alpha value is -1.08. The normalized spacial score (nSPS) is 9.92. The van der Waals surface area contributed by atoms with Crippen LogP contribution in [0.25, 0.3) is 5.57 Å². The molecule has 1 aromatic rings. The van der Waals surface area contributed by atoms with Gasteiger partial charge in [-0.15, -0.1) is 0 Å². The van der Waals surface area contributed by atoms with Crippen molar-refractivity contribution in [2.24, 2.45) is 0 Å². The van der Waals surface area contributed by atoms with E-state index in [0.29, 0.717) is 0 Å². The second kappa shape index (κ2) is 3.55. The van der Waals surface area contributed by atoms with E-state index in [9.17, 15) is 0 Å². The molecule has 0 radical (unpaired) electrons. The van der Waals surface area contributed by atoms with Crippen molar-refractivity contribution in [2.45, 2.75) is 13.8 Å². The van der Waals surface area contributed by atoms with Crippen molar-refractivity contribution in [3.63, 3.8) is 0 Å². The summed E-state index contributed by atoms with van der Waals surface area (Å²) in [5, 5.41) is 8.90. The van der Waals surface area contributed by atoms with Crippen LogP contribution in [-0.4, -0.2) is 11.7 Å². The number of hydrogen-bond donors (Lipinski definition) is 1. The van der Waals surface area contributed by atoms with E-state index in [0.717, 1.165) is 11.1 Å². The number of aliphatic hydroxyl groups is 1. The molecular weight excluding hydrogens is 148 g/mol. The van der Waals surface area contributed by atoms with Crippen molar-refractivity contribution < 1.29 is 5.11 Å². The van der Waals surface area contributed by atoms with Gasteiger partial charge in [0, 0.05) is 0 Å². The van der Waals surface area contributed by atoms with Crippen LogP contribution in [-0.2, 0) is 0 Å². The SMILES string of the molecule is C=C(CO)c1cccc(C)c1C. The van der Waals surface area contributed by atoms with Crippen LogP contribution in [0, 0.1) is 13.8 Å². The summed E-state index contributed by atoms with van der Waals surface area (Å²) in [5.74, 6) is 0. The molecule has 0 aliphatic rings. The fourth-order valence-electron chi connectivity index (χ4n) is 1.22. The smallest absolute Gasteiger partial charge is 0.0682 e. The van der Waals surface area contributed by atoms with Gasteiger partial charge in [-0.3, -0.25) is 0 Å². The largest absolute Gasteiger partial charge is 0.392 e. The molecule has 0 aliphatic heterocycles. The van der Waals surface area contributed by atoms with Gasteiger partial charge in [0.2, 0.25) is 0 Å². The lowest BCUT2D eigenvalue weighted by Gasteiger charge is -2.08. The van der Waals surface area contributed by atoms with Crippen LogP contribution in [0.5, 0.6) is 0 Å². The maximum Gasteiger partial charge on any atom is 0.0682 e. The first-order chi connectivity index (χ1) is 5.66. The average molecular weight is 162 g/mol. The van der Waals surface area contributed by atoms with Gasteiger partial charge >= 0.3 is 0 Å². The van der Waals surface area contributed by atoms with Gasteiger partial charge in [-0.05, 0) is 36.1 Å². The fourth-order valence-corrected chi connectivity index (χ4v) is 1.22. The lowest BCUT2D eigenvalue weighted by Crippen LogP contribution is -1.93. The standard InChI is InChI=1S/C11H14O/c1-8-5-4-6-11(10(8)3)9(2)7-12/h4-6,12H,2,7H2,1,3H3. The Morgan fingerprint density at radius 3 is 2.67 bits per heavy atom. The lowest BCUT2D eigenvalue weighted by molar-refractivity contribution is 0.350. The zero-order chi connectivity index (χ0) is 9.14. The molecule has 0 aliphatic carbocycles. The molecule has 0 unspecified atom stereocenters. The highest BCUT2D eigenvalue weighted by atomic mass is 16.3. The molecule has 0 saturated carbocycles. The number of aliphatic hydroxyl groups excluding tert-OH is 1. The molecule has 12 heavy (non-hydrogen) atoms. The number of hydrogen-bond acceptors (Lipinski definition) is 1. The molecular formula is C11H14O. The van der Waals surface area contributed by atoms with E-state index < -0.39 is 0 Å². The maximum atomic E-state index is 8.90. The summed E-state index contributed by atoms with van der Waals surface area (Å²) < 4.78 is 0. The topological polar surface area (TPSA) is 20.2 Å². The van der Waals surface area contributed by atoms with Crippen molar-refractivity contribution in [1.29, 1.82) is 0 Å². The summed E-state index contributed by atoms with van der Waals surface area (Å²) in [6, 6.07) is 6.03. The molecule has 1 rings (SSSR count). The van der Waals surface area contributed by atoms with Gasteiger partial charge in [0.25, 0.3) is 0 Å². The van der Waals surface area contributed by atoms with Crippen molar-refractivity contribution in [2.75, 3.05) is 6.61 Å². The van der Waals surface area contributed by atoms with E-state index >= 15 is 0 Å². The Bertz CT molecular complexity index is 300. The molecule has 0 heterocycles. The molecule has 0 bridgehead atoms. The summed E-state index contributed by atoms with van der Waals surface area (Å²) in [5.41, 5.74) is 4.30. The van der Waals surface area contributed by atoms with Crippen LogP contribution in [0.15, 0.2) is 24.8 Å². The van der Waals surface area contributed by atoms with Gasteiger partial charge < -0.3 is 5.11 Å². The van der Waals surface area contributed by atoms with Gasteiger partial charge in [0.1, 0.15) is 0 Å². The van der Waals surface area contributed by atoms with E-state index in [1.54, 1.807) is 0 Å². The molecule has 0 fully saturated rings. The average Bonchev–Trinajstić information content (AvgIpc) is 2.08. The van der Waals surface area contributed by atoms with E-state index in [1.165, 1.54) is 11.1 Å². The minimum Gasteiger partial charge on any atom is -0.392 e. The first-order valence-corrected chi connectivity index (χ1v) is 4.02. The van der Waals surface area contributed by atoms with E-state index in [-0.39, 0.29) is 6.61 Å². The van der Waals surface area contributed by atoms with Gasteiger partial charge in [-0.1, -0.05) is 24.8 Å². The second-order valence-electron chi connectivity index (χ2n) is 3.01. The molecule has 0 aromatic heterocycles. The minimum atomic E-state index is 0.0320. The highest BCUT2D eigenvalue weighted by Crippen LogP contribution is 2.19. The lowest BCUT2D eigenvalue weighted by atomic mass is 9.98. The maximum absolute atomic E-state index is 8.90. The molecule has 1 nitrogen and oxygen atoms in total. The Balaban J connectivity index is 3.16. The van der Waals surface area contributed by atoms with Crippen LogP contribution < -0.4 is 0 Å². The van der Waals surface area contributed by atoms with E-state index in [2.05, 4.69) is 19.6 Å². The molecule has 1 heteroatoms. The van der Waals surface area contributed by atoms with E-state index in [1.807, 2.05) is 19.1 Å². The highest BCUT2D eigenvalue weighted by molar-refractivity contribution is 5.67. The number of benzene rings is 1. The number of aryl methyl sites for hydroxylation is 1. The van der Waals surface area contributed by atoms with Crippen LogP contribution in [0.4, 0.5) is 0 Å².